The molecule has 0 amide bonds. The van der Waals surface area contributed by atoms with Crippen LogP contribution in [0, 0.1) is 0 Å². The Morgan fingerprint density at radius 1 is 1.22 bits per heavy atom. The number of halogens is 1. The first kappa shape index (κ1) is 17.7. The molecule has 8 heteroatoms. The number of fused-ring (bicyclic) bond motifs is 1. The van der Waals surface area contributed by atoms with Gasteiger partial charge >= 0.3 is 0 Å². The van der Waals surface area contributed by atoms with Gasteiger partial charge in [-0.15, -0.1) is 45.5 Å². The molecule has 0 fully saturated rings. The molecule has 23 heavy (non-hydrogen) atoms. The molecule has 0 radical (unpaired) electrons. The van der Waals surface area contributed by atoms with E-state index in [0.717, 1.165) is 30.5 Å². The van der Waals surface area contributed by atoms with Crippen LogP contribution in [-0.2, 0) is 13.1 Å². The number of pyridine rings is 1. The van der Waals surface area contributed by atoms with Crippen molar-refractivity contribution < 1.29 is 0 Å². The Morgan fingerprint density at radius 2 is 2.13 bits per heavy atom. The highest BCUT2D eigenvalue weighted by atomic mass is 127. The normalized spacial score (nSPS) is 11.3. The molecule has 0 unspecified atom stereocenters. The molecular formula is C15H19IN6S. The lowest BCUT2D eigenvalue weighted by Gasteiger charge is -2.10. The summed E-state index contributed by atoms with van der Waals surface area (Å²) in [5, 5.41) is 17.0. The third kappa shape index (κ3) is 4.64. The summed E-state index contributed by atoms with van der Waals surface area (Å²) in [5.41, 5.74) is 0.837. The predicted molar refractivity (Wildman–Crippen MR) is 104 cm³/mol. The highest BCUT2D eigenvalue weighted by molar-refractivity contribution is 14.0. The maximum Gasteiger partial charge on any atom is 0.191 e. The second-order valence-electron chi connectivity index (χ2n) is 4.67. The lowest BCUT2D eigenvalue weighted by molar-refractivity contribution is 0.804. The molecule has 0 atom stereocenters. The topological polar surface area (TPSA) is 66.6 Å². The summed E-state index contributed by atoms with van der Waals surface area (Å²) in [5.74, 6) is 1.60. The molecule has 2 N–H and O–H groups in total. The van der Waals surface area contributed by atoms with Gasteiger partial charge in [0.1, 0.15) is 6.54 Å². The van der Waals surface area contributed by atoms with Crippen LogP contribution in [0.25, 0.3) is 5.65 Å². The lowest BCUT2D eigenvalue weighted by Crippen LogP contribution is -2.36. The van der Waals surface area contributed by atoms with E-state index in [4.69, 9.17) is 0 Å². The second-order valence-corrected chi connectivity index (χ2v) is 5.71. The number of hydrogen-bond donors (Lipinski definition) is 2. The minimum atomic E-state index is 0. The van der Waals surface area contributed by atoms with Gasteiger partial charge in [0.2, 0.25) is 0 Å². The summed E-state index contributed by atoms with van der Waals surface area (Å²) >= 11 is 1.73. The highest BCUT2D eigenvalue weighted by Crippen LogP contribution is 2.07. The van der Waals surface area contributed by atoms with Crippen molar-refractivity contribution in [2.45, 2.75) is 20.0 Å². The van der Waals surface area contributed by atoms with E-state index in [9.17, 15) is 0 Å². The van der Waals surface area contributed by atoms with E-state index >= 15 is 0 Å². The number of aliphatic imine (C=N–C) groups is 1. The Kier molecular flexibility index (Phi) is 6.78. The number of nitrogens with one attached hydrogen (secondary N) is 2. The SMILES string of the molecule is CCNC(=NCc1nnc2ccccn12)NCc1cccs1.I. The van der Waals surface area contributed by atoms with Gasteiger partial charge in [-0.2, -0.15) is 0 Å². The van der Waals surface area contributed by atoms with E-state index in [2.05, 4.69) is 44.2 Å². The van der Waals surface area contributed by atoms with Crippen molar-refractivity contribution in [2.24, 2.45) is 4.99 Å². The predicted octanol–water partition coefficient (Wildman–Crippen LogP) is 2.66. The van der Waals surface area contributed by atoms with Crippen LogP contribution < -0.4 is 10.6 Å². The number of guanidine groups is 1. The smallest absolute Gasteiger partial charge is 0.191 e. The van der Waals surface area contributed by atoms with Gasteiger partial charge in [0, 0.05) is 17.6 Å². The van der Waals surface area contributed by atoms with Crippen LogP contribution in [0.2, 0.25) is 0 Å². The molecule has 0 saturated heterocycles. The van der Waals surface area contributed by atoms with Crippen LogP contribution in [0.1, 0.15) is 17.6 Å². The molecule has 0 aromatic carbocycles. The zero-order chi connectivity index (χ0) is 15.2. The van der Waals surface area contributed by atoms with E-state index in [-0.39, 0.29) is 24.0 Å². The molecule has 0 aliphatic rings. The molecule has 0 bridgehead atoms. The monoisotopic (exact) mass is 442 g/mol. The van der Waals surface area contributed by atoms with E-state index < -0.39 is 0 Å². The van der Waals surface area contributed by atoms with Gasteiger partial charge in [0.05, 0.1) is 6.54 Å². The number of thiophene rings is 1. The van der Waals surface area contributed by atoms with Crippen LogP contribution in [0.15, 0.2) is 46.9 Å². The van der Waals surface area contributed by atoms with Crippen LogP contribution in [0.3, 0.4) is 0 Å². The van der Waals surface area contributed by atoms with E-state index in [1.54, 1.807) is 11.3 Å². The Morgan fingerprint density at radius 3 is 2.91 bits per heavy atom. The zero-order valence-corrected chi connectivity index (χ0v) is 15.9. The van der Waals surface area contributed by atoms with Crippen LogP contribution in [0.4, 0.5) is 0 Å². The summed E-state index contributed by atoms with van der Waals surface area (Å²) in [6.07, 6.45) is 1.95. The largest absolute Gasteiger partial charge is 0.357 e. The number of aromatic nitrogens is 3. The molecule has 3 aromatic rings. The van der Waals surface area contributed by atoms with Gasteiger partial charge in [-0.3, -0.25) is 4.40 Å². The van der Waals surface area contributed by atoms with E-state index in [1.165, 1.54) is 4.88 Å². The third-order valence-electron chi connectivity index (χ3n) is 3.12. The van der Waals surface area contributed by atoms with Crippen molar-refractivity contribution in [2.75, 3.05) is 6.54 Å². The molecule has 3 aromatic heterocycles. The summed E-state index contributed by atoms with van der Waals surface area (Å²) in [6, 6.07) is 10.00. The highest BCUT2D eigenvalue weighted by Gasteiger charge is 2.04. The van der Waals surface area contributed by atoms with E-state index in [1.807, 2.05) is 34.9 Å². The van der Waals surface area contributed by atoms with Crippen LogP contribution in [-0.4, -0.2) is 27.1 Å². The van der Waals surface area contributed by atoms with Gasteiger partial charge in [-0.05, 0) is 30.5 Å². The minimum Gasteiger partial charge on any atom is -0.357 e. The van der Waals surface area contributed by atoms with E-state index in [0.29, 0.717) is 6.54 Å². The fourth-order valence-corrected chi connectivity index (χ4v) is 2.72. The average molecular weight is 442 g/mol. The fraction of sp³-hybridized carbons (Fsp3) is 0.267. The zero-order valence-electron chi connectivity index (χ0n) is 12.8. The molecule has 0 aliphatic heterocycles. The lowest BCUT2D eigenvalue weighted by atomic mass is 10.4. The van der Waals surface area contributed by atoms with Crippen LogP contribution >= 0.6 is 35.3 Å². The van der Waals surface area contributed by atoms with Gasteiger partial charge in [-0.1, -0.05) is 12.1 Å². The molecule has 0 saturated carbocycles. The van der Waals surface area contributed by atoms with Crippen molar-refractivity contribution in [3.05, 3.63) is 52.6 Å². The molecule has 0 spiro atoms. The first-order valence-electron chi connectivity index (χ1n) is 7.20. The number of hydrogen-bond acceptors (Lipinski definition) is 4. The minimum absolute atomic E-state index is 0. The van der Waals surface area contributed by atoms with Crippen molar-refractivity contribution in [1.29, 1.82) is 0 Å². The van der Waals surface area contributed by atoms with Gasteiger partial charge in [-0.25, -0.2) is 4.99 Å². The Bertz CT molecular complexity index is 752. The molecule has 3 heterocycles. The first-order chi connectivity index (χ1) is 10.9. The fourth-order valence-electron chi connectivity index (χ4n) is 2.07. The molecule has 3 rings (SSSR count). The van der Waals surface area contributed by atoms with Crippen molar-refractivity contribution in [3.63, 3.8) is 0 Å². The Balaban J connectivity index is 0.00000192. The van der Waals surface area contributed by atoms with Crippen molar-refractivity contribution >= 4 is 46.9 Å². The van der Waals surface area contributed by atoms with Crippen molar-refractivity contribution in [1.82, 2.24) is 25.2 Å². The molecular weight excluding hydrogens is 423 g/mol. The summed E-state index contributed by atoms with van der Waals surface area (Å²) in [7, 11) is 0. The summed E-state index contributed by atoms with van der Waals surface area (Å²) in [4.78, 5) is 5.86. The van der Waals surface area contributed by atoms with Gasteiger partial charge in [0.15, 0.2) is 17.4 Å². The molecule has 6 nitrogen and oxygen atoms in total. The Hall–Kier alpha value is -1.68. The second kappa shape index (κ2) is 8.82. The van der Waals surface area contributed by atoms with Gasteiger partial charge in [0.25, 0.3) is 0 Å². The Labute approximate surface area is 156 Å². The van der Waals surface area contributed by atoms with Crippen molar-refractivity contribution in [3.8, 4) is 0 Å². The number of nitrogens with zero attached hydrogens (tertiary/aromatic N) is 4. The molecule has 0 aliphatic carbocycles. The van der Waals surface area contributed by atoms with Gasteiger partial charge < -0.3 is 10.6 Å². The van der Waals surface area contributed by atoms with Crippen LogP contribution in [0.5, 0.6) is 0 Å². The summed E-state index contributed by atoms with van der Waals surface area (Å²) < 4.78 is 1.95. The maximum atomic E-state index is 4.58. The molecule has 122 valence electrons. The first-order valence-corrected chi connectivity index (χ1v) is 8.08. The third-order valence-corrected chi connectivity index (χ3v) is 3.99. The number of rotatable bonds is 5. The average Bonchev–Trinajstić information content (AvgIpc) is 3.20. The quantitative estimate of drug-likeness (QED) is 0.362. The maximum absolute atomic E-state index is 4.58. The standard InChI is InChI=1S/C15H18N6S.HI/c1-2-16-15(17-10-12-6-5-9-22-12)18-11-14-20-19-13-7-3-4-8-21(13)14;/h3-9H,2,10-11H2,1H3,(H2,16,17,18);1H. The summed E-state index contributed by atoms with van der Waals surface area (Å²) in [6.45, 7) is 4.11.